The van der Waals surface area contributed by atoms with Crippen LogP contribution in [0.1, 0.15) is 60.8 Å². The Balaban J connectivity index is 2.40. The first-order valence-corrected chi connectivity index (χ1v) is 8.16. The second kappa shape index (κ2) is 7.55. The number of oxime groups is 1. The van der Waals surface area contributed by atoms with E-state index in [0.29, 0.717) is 12.5 Å². The van der Waals surface area contributed by atoms with E-state index in [0.717, 1.165) is 19.3 Å². The first-order valence-electron chi connectivity index (χ1n) is 8.16. The molecule has 0 spiro atoms. The smallest absolute Gasteiger partial charge is 0.338 e. The summed E-state index contributed by atoms with van der Waals surface area (Å²) in [4.78, 5) is 17.1. The van der Waals surface area contributed by atoms with E-state index >= 15 is 0 Å². The molecule has 0 saturated heterocycles. The molecule has 22 heavy (non-hydrogen) atoms. The van der Waals surface area contributed by atoms with Gasteiger partial charge in [-0.25, -0.2) is 4.79 Å². The van der Waals surface area contributed by atoms with Crippen LogP contribution >= 0.6 is 0 Å². The summed E-state index contributed by atoms with van der Waals surface area (Å²) < 4.78 is 0. The van der Waals surface area contributed by atoms with Crippen molar-refractivity contribution in [1.82, 2.24) is 5.32 Å². The lowest BCUT2D eigenvalue weighted by atomic mass is 9.68. The van der Waals surface area contributed by atoms with Crippen LogP contribution in [0.3, 0.4) is 0 Å². The van der Waals surface area contributed by atoms with Crippen molar-refractivity contribution >= 4 is 12.2 Å². The molecule has 0 aromatic heterocycles. The average molecular weight is 312 g/mol. The number of rotatable bonds is 5. The van der Waals surface area contributed by atoms with Gasteiger partial charge in [0.15, 0.2) is 0 Å². The topological polar surface area (TPSA) is 70.9 Å². The minimum Gasteiger partial charge on any atom is -0.386 e. The van der Waals surface area contributed by atoms with Gasteiger partial charge in [-0.3, -0.25) is 0 Å². The van der Waals surface area contributed by atoms with E-state index < -0.39 is 6.10 Å². The number of nitrogens with one attached hydrogen (secondary N) is 1. The molecular weight excluding hydrogens is 280 g/mol. The molecule has 0 radical (unpaired) electrons. The lowest BCUT2D eigenvalue weighted by molar-refractivity contribution is -0.151. The van der Waals surface area contributed by atoms with Gasteiger partial charge in [-0.05, 0) is 51.4 Å². The molecule has 3 atom stereocenters. The van der Waals surface area contributed by atoms with Crippen LogP contribution in [0.25, 0.3) is 0 Å². The van der Waals surface area contributed by atoms with Crippen LogP contribution in [0.4, 0.5) is 0 Å². The molecule has 1 aliphatic carbocycles. The number of aliphatic hydroxyl groups is 1. The third kappa shape index (κ3) is 7.36. The van der Waals surface area contributed by atoms with Crippen molar-refractivity contribution < 1.29 is 14.7 Å². The Morgan fingerprint density at radius 1 is 1.45 bits per heavy atom. The normalized spacial score (nSPS) is 26.9. The molecule has 0 aromatic rings. The van der Waals surface area contributed by atoms with Gasteiger partial charge in [0.05, 0.1) is 12.1 Å². The molecule has 5 nitrogen and oxygen atoms in total. The molecule has 5 heteroatoms. The predicted molar refractivity (Wildman–Crippen MR) is 88.6 cm³/mol. The van der Waals surface area contributed by atoms with Gasteiger partial charge < -0.3 is 15.3 Å². The van der Waals surface area contributed by atoms with Crippen LogP contribution in [0.2, 0.25) is 0 Å². The summed E-state index contributed by atoms with van der Waals surface area (Å²) in [6, 6.07) is 0. The molecule has 0 bridgehead atoms. The van der Waals surface area contributed by atoms with Crippen LogP contribution in [-0.4, -0.2) is 35.5 Å². The first-order chi connectivity index (χ1) is 9.98. The Bertz CT molecular complexity index is 399. The molecule has 0 aromatic carbocycles. The monoisotopic (exact) mass is 312 g/mol. The standard InChI is InChI=1S/C17H32N2O3/c1-12-7-13(9-17(5,6)8-12)15(21)22-19-11-14(20)10-18-16(2,3)4/h11-14,18,20H,7-10H2,1-6H3. The van der Waals surface area contributed by atoms with E-state index in [9.17, 15) is 9.90 Å². The van der Waals surface area contributed by atoms with E-state index in [1.807, 2.05) is 20.8 Å². The van der Waals surface area contributed by atoms with Crippen LogP contribution in [-0.2, 0) is 9.63 Å². The van der Waals surface area contributed by atoms with Crippen LogP contribution in [0, 0.1) is 17.3 Å². The quantitative estimate of drug-likeness (QED) is 0.465. The lowest BCUT2D eigenvalue weighted by Gasteiger charge is -2.37. The SMILES string of the molecule is CC1CC(C(=O)ON=CC(O)CNC(C)(C)C)CC(C)(C)C1. The fourth-order valence-corrected chi connectivity index (χ4v) is 3.22. The number of carbonyl (C=O) groups excluding carboxylic acids is 1. The van der Waals surface area contributed by atoms with Gasteiger partial charge in [-0.1, -0.05) is 25.9 Å². The lowest BCUT2D eigenvalue weighted by Crippen LogP contribution is -2.41. The fraction of sp³-hybridized carbons (Fsp3) is 0.882. The second-order valence-corrected chi connectivity index (χ2v) is 8.47. The first kappa shape index (κ1) is 19.1. The summed E-state index contributed by atoms with van der Waals surface area (Å²) in [6.45, 7) is 13.0. The molecule has 3 unspecified atom stereocenters. The maximum atomic E-state index is 12.1. The highest BCUT2D eigenvalue weighted by Crippen LogP contribution is 2.41. The minimum atomic E-state index is -0.770. The third-order valence-corrected chi connectivity index (χ3v) is 3.94. The van der Waals surface area contributed by atoms with Crippen molar-refractivity contribution in [2.24, 2.45) is 22.4 Å². The van der Waals surface area contributed by atoms with E-state index in [1.54, 1.807) is 0 Å². The molecule has 0 heterocycles. The van der Waals surface area contributed by atoms with Crippen molar-refractivity contribution in [1.29, 1.82) is 0 Å². The van der Waals surface area contributed by atoms with E-state index in [-0.39, 0.29) is 22.8 Å². The molecule has 1 aliphatic rings. The molecule has 1 fully saturated rings. The van der Waals surface area contributed by atoms with Gasteiger partial charge in [0.2, 0.25) is 0 Å². The van der Waals surface area contributed by atoms with E-state index in [4.69, 9.17) is 4.84 Å². The van der Waals surface area contributed by atoms with Gasteiger partial charge >= 0.3 is 5.97 Å². The summed E-state index contributed by atoms with van der Waals surface area (Å²) >= 11 is 0. The predicted octanol–water partition coefficient (Wildman–Crippen LogP) is 2.73. The molecule has 128 valence electrons. The maximum Gasteiger partial charge on any atom is 0.338 e. The fourth-order valence-electron chi connectivity index (χ4n) is 3.22. The van der Waals surface area contributed by atoms with Gasteiger partial charge in [0, 0.05) is 12.1 Å². The Kier molecular flexibility index (Phi) is 6.56. The Morgan fingerprint density at radius 2 is 2.09 bits per heavy atom. The number of carbonyl (C=O) groups is 1. The van der Waals surface area contributed by atoms with Gasteiger partial charge in [0.1, 0.15) is 6.10 Å². The number of hydrogen-bond donors (Lipinski definition) is 2. The highest BCUT2D eigenvalue weighted by atomic mass is 16.7. The highest BCUT2D eigenvalue weighted by Gasteiger charge is 2.36. The second-order valence-electron chi connectivity index (χ2n) is 8.47. The highest BCUT2D eigenvalue weighted by molar-refractivity contribution is 5.73. The summed E-state index contributed by atoms with van der Waals surface area (Å²) in [5.74, 6) is 0.138. The van der Waals surface area contributed by atoms with Gasteiger partial charge in [-0.2, -0.15) is 0 Å². The number of nitrogens with zero attached hydrogens (tertiary/aromatic N) is 1. The zero-order valence-electron chi connectivity index (χ0n) is 14.8. The number of aliphatic hydroxyl groups excluding tert-OH is 1. The summed E-state index contributed by atoms with van der Waals surface area (Å²) in [7, 11) is 0. The van der Waals surface area contributed by atoms with Gasteiger partial charge in [0.25, 0.3) is 0 Å². The molecular formula is C17H32N2O3. The van der Waals surface area contributed by atoms with Crippen molar-refractivity contribution in [3.05, 3.63) is 0 Å². The minimum absolute atomic E-state index is 0.0741. The molecule has 1 rings (SSSR count). The average Bonchev–Trinajstić information content (AvgIpc) is 2.33. The molecule has 1 saturated carbocycles. The molecule has 0 aliphatic heterocycles. The van der Waals surface area contributed by atoms with Crippen LogP contribution in [0.5, 0.6) is 0 Å². The van der Waals surface area contributed by atoms with Crippen molar-refractivity contribution in [3.63, 3.8) is 0 Å². The number of hydrogen-bond acceptors (Lipinski definition) is 5. The Hall–Kier alpha value is -0.940. The number of β-amino-alcohol motifs (C(OH)–C–C–N with tert-alkyl or cyclic N) is 1. The zero-order valence-corrected chi connectivity index (χ0v) is 14.8. The van der Waals surface area contributed by atoms with Crippen molar-refractivity contribution in [2.75, 3.05) is 6.54 Å². The third-order valence-electron chi connectivity index (χ3n) is 3.94. The Morgan fingerprint density at radius 3 is 2.64 bits per heavy atom. The molecule has 0 amide bonds. The summed E-state index contributed by atoms with van der Waals surface area (Å²) in [5, 5.41) is 16.6. The molecule has 2 N–H and O–H groups in total. The Labute approximate surface area is 134 Å². The maximum absolute atomic E-state index is 12.1. The van der Waals surface area contributed by atoms with E-state index in [2.05, 4.69) is 31.2 Å². The van der Waals surface area contributed by atoms with E-state index in [1.165, 1.54) is 6.21 Å². The van der Waals surface area contributed by atoms with Crippen LogP contribution in [0.15, 0.2) is 5.16 Å². The largest absolute Gasteiger partial charge is 0.386 e. The van der Waals surface area contributed by atoms with Gasteiger partial charge in [-0.15, -0.1) is 0 Å². The van der Waals surface area contributed by atoms with Crippen molar-refractivity contribution in [3.8, 4) is 0 Å². The summed E-state index contributed by atoms with van der Waals surface area (Å²) in [6.07, 6.45) is 3.32. The summed E-state index contributed by atoms with van der Waals surface area (Å²) in [5.41, 5.74) is 0.0938. The zero-order chi connectivity index (χ0) is 17.0. The van der Waals surface area contributed by atoms with Crippen LogP contribution < -0.4 is 5.32 Å². The van der Waals surface area contributed by atoms with Crippen molar-refractivity contribution in [2.45, 2.75) is 72.4 Å².